The van der Waals surface area contributed by atoms with Gasteiger partial charge in [0.05, 0.1) is 12.8 Å². The van der Waals surface area contributed by atoms with Gasteiger partial charge in [-0.1, -0.05) is 36.4 Å². The lowest BCUT2D eigenvalue weighted by atomic mass is 10.0. The topological polar surface area (TPSA) is 73.2 Å². The standard InChI is InChI=1S/C21H21N3O3/c1-21(2,20(26)22-16-10-7-11-17(14-16)27-3)24-19(25)13-12-18(23-24)15-8-5-4-6-9-15/h4-14H,1-3H3,(H,22,26). The van der Waals surface area contributed by atoms with Crippen LogP contribution in [0.4, 0.5) is 5.69 Å². The van der Waals surface area contributed by atoms with Crippen LogP contribution in [0.2, 0.25) is 0 Å². The molecule has 3 aromatic rings. The van der Waals surface area contributed by atoms with Crippen molar-refractivity contribution in [3.05, 3.63) is 77.1 Å². The normalized spacial score (nSPS) is 11.1. The number of hydrogen-bond acceptors (Lipinski definition) is 4. The summed E-state index contributed by atoms with van der Waals surface area (Å²) in [5.74, 6) is 0.280. The molecule has 138 valence electrons. The Morgan fingerprint density at radius 2 is 1.78 bits per heavy atom. The van der Waals surface area contributed by atoms with Gasteiger partial charge in [0.1, 0.15) is 11.3 Å². The van der Waals surface area contributed by atoms with Gasteiger partial charge < -0.3 is 10.1 Å². The Morgan fingerprint density at radius 3 is 2.48 bits per heavy atom. The zero-order valence-corrected chi connectivity index (χ0v) is 15.5. The number of anilines is 1. The van der Waals surface area contributed by atoms with E-state index in [-0.39, 0.29) is 11.5 Å². The van der Waals surface area contributed by atoms with Crippen LogP contribution >= 0.6 is 0 Å². The van der Waals surface area contributed by atoms with Crippen molar-refractivity contribution in [3.8, 4) is 17.0 Å². The summed E-state index contributed by atoms with van der Waals surface area (Å²) in [7, 11) is 1.56. The van der Waals surface area contributed by atoms with Crippen LogP contribution in [0, 0.1) is 0 Å². The molecule has 0 bridgehead atoms. The second-order valence-corrected chi connectivity index (χ2v) is 6.58. The van der Waals surface area contributed by atoms with Gasteiger partial charge in [-0.3, -0.25) is 9.59 Å². The summed E-state index contributed by atoms with van der Waals surface area (Å²) in [5, 5.41) is 7.25. The first-order valence-electron chi connectivity index (χ1n) is 8.53. The lowest BCUT2D eigenvalue weighted by Gasteiger charge is -2.25. The largest absolute Gasteiger partial charge is 0.497 e. The number of amides is 1. The van der Waals surface area contributed by atoms with E-state index in [4.69, 9.17) is 4.74 Å². The maximum atomic E-state index is 12.9. The Labute approximate surface area is 157 Å². The molecule has 6 nitrogen and oxygen atoms in total. The number of aromatic nitrogens is 2. The quantitative estimate of drug-likeness (QED) is 0.755. The third-order valence-corrected chi connectivity index (χ3v) is 4.28. The highest BCUT2D eigenvalue weighted by molar-refractivity contribution is 5.96. The molecule has 0 saturated heterocycles. The van der Waals surface area contributed by atoms with Crippen molar-refractivity contribution in [2.75, 3.05) is 12.4 Å². The fraction of sp³-hybridized carbons (Fsp3) is 0.190. The highest BCUT2D eigenvalue weighted by atomic mass is 16.5. The summed E-state index contributed by atoms with van der Waals surface area (Å²) in [6.45, 7) is 3.32. The predicted molar refractivity (Wildman–Crippen MR) is 105 cm³/mol. The minimum Gasteiger partial charge on any atom is -0.497 e. The Kier molecular flexibility index (Phi) is 5.07. The van der Waals surface area contributed by atoms with E-state index < -0.39 is 5.54 Å². The zero-order chi connectivity index (χ0) is 19.4. The predicted octanol–water partition coefficient (Wildman–Crippen LogP) is 3.29. The van der Waals surface area contributed by atoms with E-state index in [1.807, 2.05) is 30.3 Å². The van der Waals surface area contributed by atoms with Gasteiger partial charge in [0.25, 0.3) is 11.5 Å². The molecule has 0 saturated carbocycles. The van der Waals surface area contributed by atoms with E-state index >= 15 is 0 Å². The number of methoxy groups -OCH3 is 1. The van der Waals surface area contributed by atoms with Crippen molar-refractivity contribution < 1.29 is 9.53 Å². The first kappa shape index (κ1) is 18.4. The number of nitrogens with one attached hydrogen (secondary N) is 1. The summed E-state index contributed by atoms with van der Waals surface area (Å²) in [4.78, 5) is 25.3. The second kappa shape index (κ2) is 7.45. The Balaban J connectivity index is 1.93. The van der Waals surface area contributed by atoms with E-state index in [0.717, 1.165) is 5.56 Å². The lowest BCUT2D eigenvalue weighted by molar-refractivity contribution is -0.123. The van der Waals surface area contributed by atoms with Gasteiger partial charge in [-0.25, -0.2) is 4.68 Å². The summed E-state index contributed by atoms with van der Waals surface area (Å²) >= 11 is 0. The zero-order valence-electron chi connectivity index (χ0n) is 15.5. The van der Waals surface area contributed by atoms with Crippen molar-refractivity contribution in [2.45, 2.75) is 19.4 Å². The van der Waals surface area contributed by atoms with Crippen LogP contribution in [-0.2, 0) is 10.3 Å². The molecule has 3 rings (SSSR count). The van der Waals surface area contributed by atoms with Gasteiger partial charge in [0, 0.05) is 23.4 Å². The summed E-state index contributed by atoms with van der Waals surface area (Å²) < 4.78 is 6.38. The number of ether oxygens (including phenoxy) is 1. The highest BCUT2D eigenvalue weighted by Crippen LogP contribution is 2.21. The number of hydrogen-bond donors (Lipinski definition) is 1. The molecule has 0 aliphatic carbocycles. The van der Waals surface area contributed by atoms with Crippen LogP contribution in [0.3, 0.4) is 0 Å². The first-order valence-corrected chi connectivity index (χ1v) is 8.53. The number of rotatable bonds is 5. The Morgan fingerprint density at radius 1 is 1.04 bits per heavy atom. The van der Waals surface area contributed by atoms with E-state index in [0.29, 0.717) is 17.1 Å². The van der Waals surface area contributed by atoms with Crippen LogP contribution < -0.4 is 15.6 Å². The maximum Gasteiger partial charge on any atom is 0.267 e. The molecule has 27 heavy (non-hydrogen) atoms. The molecule has 0 aliphatic heterocycles. The van der Waals surface area contributed by atoms with Crippen molar-refractivity contribution in [1.29, 1.82) is 0 Å². The van der Waals surface area contributed by atoms with Crippen molar-refractivity contribution >= 4 is 11.6 Å². The van der Waals surface area contributed by atoms with Gasteiger partial charge in [-0.05, 0) is 32.0 Å². The van der Waals surface area contributed by atoms with E-state index in [1.165, 1.54) is 10.7 Å². The van der Waals surface area contributed by atoms with Crippen LogP contribution in [-0.4, -0.2) is 22.8 Å². The van der Waals surface area contributed by atoms with Gasteiger partial charge in [-0.15, -0.1) is 0 Å². The first-order chi connectivity index (χ1) is 12.9. The SMILES string of the molecule is COc1cccc(NC(=O)C(C)(C)n2nc(-c3ccccc3)ccc2=O)c1. The number of benzene rings is 2. The highest BCUT2D eigenvalue weighted by Gasteiger charge is 2.32. The van der Waals surface area contributed by atoms with Crippen molar-refractivity contribution in [1.82, 2.24) is 9.78 Å². The molecule has 1 amide bonds. The molecule has 0 unspecified atom stereocenters. The molecular formula is C21H21N3O3. The molecule has 1 N–H and O–H groups in total. The Hall–Kier alpha value is -3.41. The number of carbonyl (C=O) groups excluding carboxylic acids is 1. The summed E-state index contributed by atoms with van der Waals surface area (Å²) in [6, 6.07) is 19.6. The van der Waals surface area contributed by atoms with Gasteiger partial charge >= 0.3 is 0 Å². The van der Waals surface area contributed by atoms with E-state index in [1.54, 1.807) is 51.3 Å². The summed E-state index contributed by atoms with van der Waals surface area (Å²) in [6.07, 6.45) is 0. The van der Waals surface area contributed by atoms with E-state index in [2.05, 4.69) is 10.4 Å². The van der Waals surface area contributed by atoms with Crippen LogP contribution in [0.1, 0.15) is 13.8 Å². The average molecular weight is 363 g/mol. The fourth-order valence-electron chi connectivity index (χ4n) is 2.66. The third-order valence-electron chi connectivity index (χ3n) is 4.28. The molecule has 1 heterocycles. The molecule has 0 atom stereocenters. The minimum absolute atomic E-state index is 0.347. The van der Waals surface area contributed by atoms with Gasteiger partial charge in [0.2, 0.25) is 0 Å². The molecule has 0 fully saturated rings. The monoisotopic (exact) mass is 363 g/mol. The van der Waals surface area contributed by atoms with Gasteiger partial charge in [-0.2, -0.15) is 5.10 Å². The Bertz CT molecular complexity index is 1010. The molecular weight excluding hydrogens is 342 g/mol. The minimum atomic E-state index is -1.19. The molecule has 1 aromatic heterocycles. The molecule has 0 aliphatic rings. The smallest absolute Gasteiger partial charge is 0.267 e. The fourth-order valence-corrected chi connectivity index (χ4v) is 2.66. The third kappa shape index (κ3) is 3.89. The van der Waals surface area contributed by atoms with Crippen molar-refractivity contribution in [2.24, 2.45) is 0 Å². The molecule has 2 aromatic carbocycles. The molecule has 0 radical (unpaired) electrons. The van der Waals surface area contributed by atoms with Crippen LogP contribution in [0.5, 0.6) is 5.75 Å². The molecule has 6 heteroatoms. The van der Waals surface area contributed by atoms with Crippen molar-refractivity contribution in [3.63, 3.8) is 0 Å². The van der Waals surface area contributed by atoms with Gasteiger partial charge in [0.15, 0.2) is 0 Å². The number of carbonyl (C=O) groups is 1. The van der Waals surface area contributed by atoms with E-state index in [9.17, 15) is 9.59 Å². The average Bonchev–Trinajstić information content (AvgIpc) is 2.69. The number of nitrogens with zero attached hydrogens (tertiary/aromatic N) is 2. The lowest BCUT2D eigenvalue weighted by Crippen LogP contribution is -2.47. The second-order valence-electron chi connectivity index (χ2n) is 6.58. The molecule has 0 spiro atoms. The van der Waals surface area contributed by atoms with Crippen LogP contribution in [0.25, 0.3) is 11.3 Å². The summed E-state index contributed by atoms with van der Waals surface area (Å²) in [5.41, 5.74) is 0.540. The maximum absolute atomic E-state index is 12.9. The van der Waals surface area contributed by atoms with Crippen LogP contribution in [0.15, 0.2) is 71.5 Å².